The fourth-order valence-electron chi connectivity index (χ4n) is 2.84. The van der Waals surface area contributed by atoms with Crippen molar-refractivity contribution in [3.63, 3.8) is 0 Å². The lowest BCUT2D eigenvalue weighted by atomic mass is 10.1. The molecule has 128 valence electrons. The average molecular weight is 345 g/mol. The standard InChI is InChI=1S/C19H23NO3S/c1-22-16-8-9-18(23-2)14(12-16)5-10-19(21)20(15-6-7-15)13-17-4-3-11-24-17/h3-4,8-9,11-12,15H,5-7,10,13H2,1-2H3. The maximum Gasteiger partial charge on any atom is 0.223 e. The zero-order chi connectivity index (χ0) is 16.9. The summed E-state index contributed by atoms with van der Waals surface area (Å²) in [5.41, 5.74) is 1.01. The first-order valence-corrected chi connectivity index (χ1v) is 9.12. The van der Waals surface area contributed by atoms with E-state index >= 15 is 0 Å². The summed E-state index contributed by atoms with van der Waals surface area (Å²) in [5.74, 6) is 1.81. The average Bonchev–Trinajstić information content (AvgIpc) is 3.32. The van der Waals surface area contributed by atoms with Gasteiger partial charge in [-0.15, -0.1) is 11.3 Å². The fourth-order valence-corrected chi connectivity index (χ4v) is 3.54. The lowest BCUT2D eigenvalue weighted by Gasteiger charge is -2.22. The van der Waals surface area contributed by atoms with Crippen LogP contribution in [0.4, 0.5) is 0 Å². The van der Waals surface area contributed by atoms with Crippen molar-refractivity contribution in [3.8, 4) is 11.5 Å². The Labute approximate surface area is 147 Å². The molecule has 0 N–H and O–H groups in total. The first kappa shape index (κ1) is 16.8. The molecule has 4 nitrogen and oxygen atoms in total. The molecule has 0 aliphatic heterocycles. The van der Waals surface area contributed by atoms with Crippen molar-refractivity contribution in [1.82, 2.24) is 4.90 Å². The van der Waals surface area contributed by atoms with Gasteiger partial charge in [0.05, 0.1) is 20.8 Å². The Morgan fingerprint density at radius 1 is 1.25 bits per heavy atom. The highest BCUT2D eigenvalue weighted by Gasteiger charge is 2.32. The van der Waals surface area contributed by atoms with E-state index in [1.165, 1.54) is 4.88 Å². The number of nitrogens with zero attached hydrogens (tertiary/aromatic N) is 1. The molecule has 0 radical (unpaired) electrons. The first-order chi connectivity index (χ1) is 11.7. The minimum atomic E-state index is 0.218. The van der Waals surface area contributed by atoms with Crippen LogP contribution in [0.2, 0.25) is 0 Å². The summed E-state index contributed by atoms with van der Waals surface area (Å²) < 4.78 is 10.7. The molecule has 1 saturated carbocycles. The Morgan fingerprint density at radius 2 is 2.08 bits per heavy atom. The molecule has 0 bridgehead atoms. The Morgan fingerprint density at radius 3 is 2.71 bits per heavy atom. The van der Waals surface area contributed by atoms with Crippen LogP contribution in [0.3, 0.4) is 0 Å². The van der Waals surface area contributed by atoms with Gasteiger partial charge < -0.3 is 14.4 Å². The van der Waals surface area contributed by atoms with Crippen LogP contribution in [0.25, 0.3) is 0 Å². The summed E-state index contributed by atoms with van der Waals surface area (Å²) in [6, 6.07) is 10.3. The second kappa shape index (κ2) is 7.71. The molecule has 0 unspecified atom stereocenters. The summed E-state index contributed by atoms with van der Waals surface area (Å²) in [4.78, 5) is 16.0. The molecule has 0 atom stereocenters. The van der Waals surface area contributed by atoms with E-state index in [1.54, 1.807) is 25.6 Å². The molecule has 0 spiro atoms. The Kier molecular flexibility index (Phi) is 5.41. The van der Waals surface area contributed by atoms with E-state index in [0.717, 1.165) is 36.4 Å². The van der Waals surface area contributed by atoms with Crippen LogP contribution in [0.1, 0.15) is 29.7 Å². The van der Waals surface area contributed by atoms with Gasteiger partial charge in [0.2, 0.25) is 5.91 Å². The first-order valence-electron chi connectivity index (χ1n) is 8.24. The number of thiophene rings is 1. The zero-order valence-corrected chi connectivity index (χ0v) is 15.0. The van der Waals surface area contributed by atoms with Crippen LogP contribution in [0, 0.1) is 0 Å². The van der Waals surface area contributed by atoms with Gasteiger partial charge in [0.15, 0.2) is 0 Å². The van der Waals surface area contributed by atoms with E-state index in [4.69, 9.17) is 9.47 Å². The number of benzene rings is 1. The van der Waals surface area contributed by atoms with Gasteiger partial charge in [-0.25, -0.2) is 0 Å². The molecule has 1 amide bonds. The molecule has 2 aromatic rings. The number of methoxy groups -OCH3 is 2. The van der Waals surface area contributed by atoms with Gasteiger partial charge in [-0.3, -0.25) is 4.79 Å². The van der Waals surface area contributed by atoms with E-state index in [2.05, 4.69) is 11.4 Å². The highest BCUT2D eigenvalue weighted by Crippen LogP contribution is 2.31. The minimum absolute atomic E-state index is 0.218. The van der Waals surface area contributed by atoms with Gasteiger partial charge in [0, 0.05) is 17.3 Å². The highest BCUT2D eigenvalue weighted by molar-refractivity contribution is 7.09. The van der Waals surface area contributed by atoms with Crippen LogP contribution >= 0.6 is 11.3 Å². The number of ether oxygens (including phenoxy) is 2. The van der Waals surface area contributed by atoms with E-state index in [1.807, 2.05) is 29.2 Å². The van der Waals surface area contributed by atoms with Gasteiger partial charge in [-0.2, -0.15) is 0 Å². The number of rotatable bonds is 8. The summed E-state index contributed by atoms with van der Waals surface area (Å²) in [6.45, 7) is 0.733. The molecule has 1 aromatic carbocycles. The fraction of sp³-hybridized carbons (Fsp3) is 0.421. The molecule has 3 rings (SSSR count). The van der Waals surface area contributed by atoms with Crippen molar-refractivity contribution >= 4 is 17.2 Å². The highest BCUT2D eigenvalue weighted by atomic mass is 32.1. The third kappa shape index (κ3) is 4.09. The SMILES string of the molecule is COc1ccc(OC)c(CCC(=O)N(Cc2cccs2)C2CC2)c1. The Hall–Kier alpha value is -2.01. The molecule has 0 saturated heterocycles. The molecule has 1 aliphatic rings. The third-order valence-electron chi connectivity index (χ3n) is 4.31. The van der Waals surface area contributed by atoms with Gasteiger partial charge in [0.25, 0.3) is 0 Å². The summed E-state index contributed by atoms with van der Waals surface area (Å²) in [6.07, 6.45) is 3.40. The van der Waals surface area contributed by atoms with E-state index in [9.17, 15) is 4.79 Å². The predicted octanol–water partition coefficient (Wildman–Crippen LogP) is 3.89. The molecule has 1 aromatic heterocycles. The van der Waals surface area contributed by atoms with Crippen molar-refractivity contribution in [2.45, 2.75) is 38.3 Å². The van der Waals surface area contributed by atoms with Gasteiger partial charge in [-0.1, -0.05) is 6.07 Å². The normalized spacial score (nSPS) is 13.6. The van der Waals surface area contributed by atoms with E-state index < -0.39 is 0 Å². The van der Waals surface area contributed by atoms with Crippen molar-refractivity contribution in [2.75, 3.05) is 14.2 Å². The maximum absolute atomic E-state index is 12.7. The quantitative estimate of drug-likeness (QED) is 0.728. The smallest absolute Gasteiger partial charge is 0.223 e. The number of carbonyl (C=O) groups excluding carboxylic acids is 1. The largest absolute Gasteiger partial charge is 0.497 e. The van der Waals surface area contributed by atoms with Crippen molar-refractivity contribution < 1.29 is 14.3 Å². The summed E-state index contributed by atoms with van der Waals surface area (Å²) in [5, 5.41) is 2.06. The van der Waals surface area contributed by atoms with Crippen LogP contribution < -0.4 is 9.47 Å². The Bertz CT molecular complexity index is 680. The van der Waals surface area contributed by atoms with E-state index in [-0.39, 0.29) is 5.91 Å². The maximum atomic E-state index is 12.7. The molecule has 5 heteroatoms. The van der Waals surface area contributed by atoms with Gasteiger partial charge >= 0.3 is 0 Å². The van der Waals surface area contributed by atoms with Crippen LogP contribution in [-0.4, -0.2) is 31.1 Å². The predicted molar refractivity (Wildman–Crippen MR) is 95.8 cm³/mol. The molecule has 1 heterocycles. The van der Waals surface area contributed by atoms with E-state index in [0.29, 0.717) is 18.9 Å². The lowest BCUT2D eigenvalue weighted by molar-refractivity contribution is -0.132. The van der Waals surface area contributed by atoms with Crippen LogP contribution in [0.15, 0.2) is 35.7 Å². The molecular weight excluding hydrogens is 322 g/mol. The summed E-state index contributed by atoms with van der Waals surface area (Å²) >= 11 is 1.71. The molecule has 1 aliphatic carbocycles. The number of hydrogen-bond donors (Lipinski definition) is 0. The molecule has 24 heavy (non-hydrogen) atoms. The second-order valence-electron chi connectivity index (χ2n) is 6.01. The zero-order valence-electron chi connectivity index (χ0n) is 14.2. The lowest BCUT2D eigenvalue weighted by Crippen LogP contribution is -2.32. The second-order valence-corrected chi connectivity index (χ2v) is 7.04. The number of carbonyl (C=O) groups is 1. The molecular formula is C19H23NO3S. The number of hydrogen-bond acceptors (Lipinski definition) is 4. The van der Waals surface area contributed by atoms with Crippen LogP contribution in [-0.2, 0) is 17.8 Å². The minimum Gasteiger partial charge on any atom is -0.497 e. The summed E-state index contributed by atoms with van der Waals surface area (Å²) in [7, 11) is 3.30. The number of amides is 1. The topological polar surface area (TPSA) is 38.8 Å². The molecule has 1 fully saturated rings. The van der Waals surface area contributed by atoms with Crippen molar-refractivity contribution in [3.05, 3.63) is 46.2 Å². The van der Waals surface area contributed by atoms with Crippen LogP contribution in [0.5, 0.6) is 11.5 Å². The number of aryl methyl sites for hydroxylation is 1. The van der Waals surface area contributed by atoms with Crippen molar-refractivity contribution in [2.24, 2.45) is 0 Å². The van der Waals surface area contributed by atoms with Gasteiger partial charge in [0.1, 0.15) is 11.5 Å². The Balaban J connectivity index is 1.65. The monoisotopic (exact) mass is 345 g/mol. The van der Waals surface area contributed by atoms with Crippen molar-refractivity contribution in [1.29, 1.82) is 0 Å². The van der Waals surface area contributed by atoms with Gasteiger partial charge in [-0.05, 0) is 54.5 Å². The third-order valence-corrected chi connectivity index (χ3v) is 5.17.